The molecule has 0 unspecified atom stereocenters. The zero-order chi connectivity index (χ0) is 21.6. The molecule has 1 aliphatic rings. The number of piperidine rings is 1. The number of nitrogens with one attached hydrogen (secondary N) is 1. The van der Waals surface area contributed by atoms with Crippen LogP contribution in [0.4, 0.5) is 0 Å². The Hall–Kier alpha value is -0.890. The molecule has 1 aromatic carbocycles. The average Bonchev–Trinajstić information content (AvgIpc) is 2.78. The van der Waals surface area contributed by atoms with E-state index in [0.29, 0.717) is 24.8 Å². The molecule has 1 amide bonds. The van der Waals surface area contributed by atoms with Gasteiger partial charge >= 0.3 is 0 Å². The smallest absolute Gasteiger partial charge is 0.234 e. The third-order valence-corrected chi connectivity index (χ3v) is 6.26. The number of carbonyl (C=O) groups excluding carboxylic acids is 1. The molecule has 1 heterocycles. The Labute approximate surface area is 193 Å². The van der Waals surface area contributed by atoms with Gasteiger partial charge < -0.3 is 15.0 Å². The fourth-order valence-corrected chi connectivity index (χ4v) is 4.58. The fraction of sp³-hybridized carbons (Fsp3) is 0.696. The lowest BCUT2D eigenvalue weighted by Gasteiger charge is -2.32. The largest absolute Gasteiger partial charge is 0.496 e. The highest BCUT2D eigenvalue weighted by Crippen LogP contribution is 2.33. The highest BCUT2D eigenvalue weighted by atomic mass is 32.1. The zero-order valence-corrected chi connectivity index (χ0v) is 20.2. The van der Waals surface area contributed by atoms with Crippen LogP contribution in [0.5, 0.6) is 5.75 Å². The quantitative estimate of drug-likeness (QED) is 0.299. The second kappa shape index (κ2) is 15.0. The predicted molar refractivity (Wildman–Crippen MR) is 132 cm³/mol. The maximum Gasteiger partial charge on any atom is 0.234 e. The Morgan fingerprint density at radius 3 is 2.60 bits per heavy atom. The van der Waals surface area contributed by atoms with Crippen molar-refractivity contribution in [1.82, 2.24) is 15.1 Å². The molecular weight excluding hydrogens is 414 g/mol. The van der Waals surface area contributed by atoms with Crippen molar-refractivity contribution in [3.05, 3.63) is 29.8 Å². The van der Waals surface area contributed by atoms with Gasteiger partial charge in [-0.25, -0.2) is 0 Å². The van der Waals surface area contributed by atoms with Crippen LogP contribution in [0.3, 0.4) is 0 Å². The minimum Gasteiger partial charge on any atom is -0.496 e. The molecule has 1 saturated heterocycles. The van der Waals surface area contributed by atoms with Crippen LogP contribution in [0.25, 0.3) is 0 Å². The van der Waals surface area contributed by atoms with Crippen LogP contribution in [0.1, 0.15) is 43.6 Å². The summed E-state index contributed by atoms with van der Waals surface area (Å²) in [4.78, 5) is 16.7. The van der Waals surface area contributed by atoms with Gasteiger partial charge in [-0.2, -0.15) is 25.3 Å². The highest BCUT2D eigenvalue weighted by molar-refractivity contribution is 7.80. The topological polar surface area (TPSA) is 44.8 Å². The van der Waals surface area contributed by atoms with E-state index in [1.807, 2.05) is 6.07 Å². The summed E-state index contributed by atoms with van der Waals surface area (Å²) < 4.78 is 5.55. The fourth-order valence-electron chi connectivity index (χ4n) is 4.18. The summed E-state index contributed by atoms with van der Waals surface area (Å²) in [5, 5.41) is 2.89. The lowest BCUT2D eigenvalue weighted by molar-refractivity contribution is -0.122. The first-order valence-electron chi connectivity index (χ1n) is 11.2. The van der Waals surface area contributed by atoms with E-state index in [9.17, 15) is 4.79 Å². The molecule has 170 valence electrons. The first-order valence-corrected chi connectivity index (χ1v) is 12.5. The molecular formula is C23H39N3O2S2. The molecule has 30 heavy (non-hydrogen) atoms. The summed E-state index contributed by atoms with van der Waals surface area (Å²) in [5.74, 6) is 3.18. The maximum atomic E-state index is 11.9. The van der Waals surface area contributed by atoms with E-state index in [4.69, 9.17) is 4.74 Å². The van der Waals surface area contributed by atoms with Crippen molar-refractivity contribution in [3.8, 4) is 5.75 Å². The summed E-state index contributed by atoms with van der Waals surface area (Å²) in [7, 11) is 1.76. The lowest BCUT2D eigenvalue weighted by Crippen LogP contribution is -2.39. The van der Waals surface area contributed by atoms with E-state index >= 15 is 0 Å². The number of rotatable bonds is 14. The first-order chi connectivity index (χ1) is 14.7. The lowest BCUT2D eigenvalue weighted by atomic mass is 9.88. The van der Waals surface area contributed by atoms with Crippen LogP contribution in [0.15, 0.2) is 24.3 Å². The molecule has 0 saturated carbocycles. The Morgan fingerprint density at radius 1 is 1.13 bits per heavy atom. The summed E-state index contributed by atoms with van der Waals surface area (Å²) >= 11 is 8.46. The summed E-state index contributed by atoms with van der Waals surface area (Å²) in [5.41, 5.74) is 1.36. The maximum absolute atomic E-state index is 11.9. The number of nitrogens with zero attached hydrogens (tertiary/aromatic N) is 2. The van der Waals surface area contributed by atoms with Gasteiger partial charge in [0.1, 0.15) is 5.75 Å². The third kappa shape index (κ3) is 9.08. The number of para-hydroxylation sites is 1. The molecule has 1 aliphatic heterocycles. The van der Waals surface area contributed by atoms with Gasteiger partial charge in [0, 0.05) is 24.6 Å². The molecule has 0 aliphatic carbocycles. The number of unbranched alkanes of at least 4 members (excludes halogenated alkanes) is 2. The molecule has 7 heteroatoms. The molecule has 1 aromatic rings. The monoisotopic (exact) mass is 453 g/mol. The summed E-state index contributed by atoms with van der Waals surface area (Å²) in [6.07, 6.45) is 5.97. The van der Waals surface area contributed by atoms with Crippen molar-refractivity contribution in [1.29, 1.82) is 0 Å². The number of methoxy groups -OCH3 is 1. The van der Waals surface area contributed by atoms with Crippen molar-refractivity contribution < 1.29 is 9.53 Å². The molecule has 2 rings (SSSR count). The van der Waals surface area contributed by atoms with E-state index in [0.717, 1.165) is 31.0 Å². The average molecular weight is 454 g/mol. The summed E-state index contributed by atoms with van der Waals surface area (Å²) in [6, 6.07) is 8.45. The molecule has 0 atom stereocenters. The van der Waals surface area contributed by atoms with Gasteiger partial charge in [0.15, 0.2) is 0 Å². The van der Waals surface area contributed by atoms with Crippen molar-refractivity contribution in [2.24, 2.45) is 0 Å². The zero-order valence-electron chi connectivity index (χ0n) is 18.4. The Bertz CT molecular complexity index is 610. The van der Waals surface area contributed by atoms with Gasteiger partial charge in [0.05, 0.1) is 13.7 Å². The van der Waals surface area contributed by atoms with Gasteiger partial charge in [-0.15, -0.1) is 0 Å². The molecule has 0 bridgehead atoms. The SMILES string of the molecule is COc1ccccc1C1CCN(CCCCCN(CCS)CC(=O)NCCS)CC1. The highest BCUT2D eigenvalue weighted by Gasteiger charge is 2.22. The first kappa shape index (κ1) is 25.4. The summed E-state index contributed by atoms with van der Waals surface area (Å²) in [6.45, 7) is 6.42. The van der Waals surface area contributed by atoms with Crippen LogP contribution in [-0.2, 0) is 4.79 Å². The van der Waals surface area contributed by atoms with E-state index in [-0.39, 0.29) is 5.91 Å². The van der Waals surface area contributed by atoms with Crippen molar-refractivity contribution in [2.45, 2.75) is 38.0 Å². The van der Waals surface area contributed by atoms with Gasteiger partial charge in [-0.3, -0.25) is 9.69 Å². The predicted octanol–water partition coefficient (Wildman–Crippen LogP) is 3.32. The number of hydrogen-bond donors (Lipinski definition) is 3. The van der Waals surface area contributed by atoms with Crippen LogP contribution < -0.4 is 10.1 Å². The van der Waals surface area contributed by atoms with Gasteiger partial charge in [0.25, 0.3) is 0 Å². The van der Waals surface area contributed by atoms with Crippen LogP contribution >= 0.6 is 25.3 Å². The number of benzene rings is 1. The van der Waals surface area contributed by atoms with Crippen molar-refractivity contribution >= 4 is 31.2 Å². The van der Waals surface area contributed by atoms with E-state index in [1.54, 1.807) is 7.11 Å². The standard InChI is InChI=1S/C23H39N3O2S2/c1-28-22-8-4-3-7-21(22)20-9-14-25(15-10-20)12-5-2-6-13-26(16-18-30)19-23(27)24-11-17-29/h3-4,7-8,20,29-30H,2,5-6,9-19H2,1H3,(H,24,27). The molecule has 1 fully saturated rings. The number of amides is 1. The van der Waals surface area contributed by atoms with E-state index < -0.39 is 0 Å². The molecule has 5 nitrogen and oxygen atoms in total. The van der Waals surface area contributed by atoms with Crippen molar-refractivity contribution in [2.75, 3.05) is 64.4 Å². The minimum absolute atomic E-state index is 0.0868. The van der Waals surface area contributed by atoms with Gasteiger partial charge in [-0.05, 0) is 69.4 Å². The normalized spacial score (nSPS) is 15.5. The van der Waals surface area contributed by atoms with Crippen LogP contribution in [-0.4, -0.2) is 80.1 Å². The molecule has 0 radical (unpaired) electrons. The van der Waals surface area contributed by atoms with Crippen LogP contribution in [0.2, 0.25) is 0 Å². The number of thiol groups is 2. The number of hydrogen-bond acceptors (Lipinski definition) is 6. The second-order valence-corrected chi connectivity index (χ2v) is 8.89. The minimum atomic E-state index is 0.0868. The van der Waals surface area contributed by atoms with Gasteiger partial charge in [0.2, 0.25) is 5.91 Å². The van der Waals surface area contributed by atoms with E-state index in [2.05, 4.69) is 58.6 Å². The number of ether oxygens (including phenoxy) is 1. The Kier molecular flexibility index (Phi) is 12.7. The third-order valence-electron chi connectivity index (χ3n) is 5.83. The number of carbonyl (C=O) groups is 1. The molecule has 0 spiro atoms. The van der Waals surface area contributed by atoms with Crippen LogP contribution in [0, 0.1) is 0 Å². The molecule has 0 aromatic heterocycles. The van der Waals surface area contributed by atoms with Gasteiger partial charge in [-0.1, -0.05) is 24.6 Å². The number of likely N-dealkylation sites (tertiary alicyclic amines) is 1. The second-order valence-electron chi connectivity index (χ2n) is 7.99. The Morgan fingerprint density at radius 2 is 1.90 bits per heavy atom. The Balaban J connectivity index is 1.61. The molecule has 1 N–H and O–H groups in total. The van der Waals surface area contributed by atoms with E-state index in [1.165, 1.54) is 50.9 Å². The van der Waals surface area contributed by atoms with Crippen molar-refractivity contribution in [3.63, 3.8) is 0 Å².